The average Bonchev–Trinajstić information content (AvgIpc) is 2.83. The van der Waals surface area contributed by atoms with Crippen molar-refractivity contribution in [3.8, 4) is 11.5 Å². The third kappa shape index (κ3) is 5.55. The van der Waals surface area contributed by atoms with E-state index in [0.717, 1.165) is 0 Å². The molecule has 3 rings (SSSR count). The lowest BCUT2D eigenvalue weighted by Crippen LogP contribution is -2.40. The van der Waals surface area contributed by atoms with Crippen LogP contribution in [0.2, 0.25) is 0 Å². The molecule has 1 aliphatic heterocycles. The van der Waals surface area contributed by atoms with Gasteiger partial charge in [0.15, 0.2) is 0 Å². The van der Waals surface area contributed by atoms with E-state index in [1.165, 1.54) is 36.7 Å². The van der Waals surface area contributed by atoms with Crippen LogP contribution in [-0.4, -0.2) is 65.1 Å². The van der Waals surface area contributed by atoms with E-state index in [4.69, 9.17) is 14.2 Å². The van der Waals surface area contributed by atoms with E-state index in [1.807, 2.05) is 0 Å². The molecule has 172 valence electrons. The van der Waals surface area contributed by atoms with Crippen LogP contribution < -0.4 is 20.1 Å². The summed E-state index contributed by atoms with van der Waals surface area (Å²) in [7, 11) is -0.662. The maximum Gasteiger partial charge on any atom is 0.313 e. The normalized spacial score (nSPS) is 14.4. The minimum Gasteiger partial charge on any atom is -0.497 e. The zero-order valence-corrected chi connectivity index (χ0v) is 18.6. The number of anilines is 1. The molecule has 2 aromatic carbocycles. The van der Waals surface area contributed by atoms with E-state index in [1.54, 1.807) is 24.3 Å². The lowest BCUT2D eigenvalue weighted by Gasteiger charge is -2.26. The summed E-state index contributed by atoms with van der Waals surface area (Å²) in [6.07, 6.45) is 0. The smallest absolute Gasteiger partial charge is 0.313 e. The van der Waals surface area contributed by atoms with Crippen molar-refractivity contribution < 1.29 is 32.2 Å². The van der Waals surface area contributed by atoms with Crippen molar-refractivity contribution >= 4 is 27.5 Å². The van der Waals surface area contributed by atoms with E-state index < -0.39 is 21.8 Å². The van der Waals surface area contributed by atoms with Gasteiger partial charge in [-0.3, -0.25) is 9.59 Å². The summed E-state index contributed by atoms with van der Waals surface area (Å²) in [5, 5.41) is 4.99. The third-order valence-electron chi connectivity index (χ3n) is 4.85. The van der Waals surface area contributed by atoms with Crippen molar-refractivity contribution in [2.45, 2.75) is 11.4 Å². The molecule has 1 heterocycles. The Hall–Kier alpha value is -3.15. The fourth-order valence-corrected chi connectivity index (χ4v) is 4.48. The Kier molecular flexibility index (Phi) is 7.67. The average molecular weight is 464 g/mol. The molecule has 0 radical (unpaired) electrons. The van der Waals surface area contributed by atoms with Crippen LogP contribution in [0.1, 0.15) is 5.56 Å². The van der Waals surface area contributed by atoms with Crippen LogP contribution in [-0.2, 0) is 30.9 Å². The van der Waals surface area contributed by atoms with Gasteiger partial charge in [-0.2, -0.15) is 4.31 Å². The monoisotopic (exact) mass is 463 g/mol. The molecular formula is C21H25N3O7S. The molecule has 2 amide bonds. The summed E-state index contributed by atoms with van der Waals surface area (Å²) >= 11 is 0. The van der Waals surface area contributed by atoms with E-state index in [0.29, 0.717) is 49.1 Å². The molecule has 0 atom stereocenters. The number of carbonyl (C=O) groups is 2. The number of benzene rings is 2. The number of amides is 2. The first kappa shape index (κ1) is 23.5. The van der Waals surface area contributed by atoms with E-state index in [2.05, 4.69) is 10.6 Å². The zero-order chi connectivity index (χ0) is 23.1. The predicted molar refractivity (Wildman–Crippen MR) is 116 cm³/mol. The summed E-state index contributed by atoms with van der Waals surface area (Å²) in [5.74, 6) is -0.847. The van der Waals surface area contributed by atoms with Crippen LogP contribution in [0.25, 0.3) is 0 Å². The number of methoxy groups -OCH3 is 2. The van der Waals surface area contributed by atoms with Gasteiger partial charge >= 0.3 is 11.8 Å². The number of rotatable bonds is 7. The Balaban J connectivity index is 1.58. The molecule has 0 aliphatic carbocycles. The second kappa shape index (κ2) is 10.4. The van der Waals surface area contributed by atoms with E-state index >= 15 is 0 Å². The second-order valence-corrected chi connectivity index (χ2v) is 8.80. The quantitative estimate of drug-likeness (QED) is 0.587. The Morgan fingerprint density at radius 1 is 1.00 bits per heavy atom. The molecule has 0 saturated carbocycles. The van der Waals surface area contributed by atoms with Crippen molar-refractivity contribution in [3.63, 3.8) is 0 Å². The Morgan fingerprint density at radius 3 is 2.31 bits per heavy atom. The summed E-state index contributed by atoms with van der Waals surface area (Å²) in [6, 6.07) is 11.0. The number of nitrogens with zero attached hydrogens (tertiary/aromatic N) is 1. The zero-order valence-electron chi connectivity index (χ0n) is 17.8. The molecule has 11 heteroatoms. The molecule has 0 aromatic heterocycles. The fourth-order valence-electron chi connectivity index (χ4n) is 3.07. The predicted octanol–water partition coefficient (Wildman–Crippen LogP) is 0.980. The van der Waals surface area contributed by atoms with E-state index in [-0.39, 0.29) is 11.4 Å². The summed E-state index contributed by atoms with van der Waals surface area (Å²) in [5.41, 5.74) is 0.940. The van der Waals surface area contributed by atoms with Gasteiger partial charge in [-0.1, -0.05) is 12.1 Å². The first-order valence-electron chi connectivity index (χ1n) is 9.83. The Morgan fingerprint density at radius 2 is 1.69 bits per heavy atom. The van der Waals surface area contributed by atoms with Gasteiger partial charge in [0.1, 0.15) is 11.5 Å². The Bertz CT molecular complexity index is 1070. The van der Waals surface area contributed by atoms with Crippen LogP contribution in [0.15, 0.2) is 47.4 Å². The molecule has 10 nitrogen and oxygen atoms in total. The second-order valence-electron chi connectivity index (χ2n) is 6.86. The van der Waals surface area contributed by atoms with Gasteiger partial charge in [-0.25, -0.2) is 8.42 Å². The number of hydrogen-bond donors (Lipinski definition) is 2. The van der Waals surface area contributed by atoms with Crippen molar-refractivity contribution in [2.24, 2.45) is 0 Å². The van der Waals surface area contributed by atoms with Crippen molar-refractivity contribution in [1.82, 2.24) is 9.62 Å². The van der Waals surface area contributed by atoms with E-state index in [9.17, 15) is 18.0 Å². The third-order valence-corrected chi connectivity index (χ3v) is 6.76. The molecule has 1 saturated heterocycles. The minimum absolute atomic E-state index is 0.0549. The summed E-state index contributed by atoms with van der Waals surface area (Å²) in [6.45, 7) is 1.42. The van der Waals surface area contributed by atoms with Gasteiger partial charge in [0, 0.05) is 25.7 Å². The highest BCUT2D eigenvalue weighted by molar-refractivity contribution is 7.89. The standard InChI is InChI=1S/C21H25N3O7S/c1-29-16-5-8-19(30-2)18(13-16)23-21(26)20(25)22-14-15-3-6-17(7-4-15)32(27,28)24-9-11-31-12-10-24/h3-8,13H,9-12,14H2,1-2H3,(H,22,25)(H,23,26). The van der Waals surface area contributed by atoms with Gasteiger partial charge in [0.25, 0.3) is 0 Å². The molecule has 32 heavy (non-hydrogen) atoms. The van der Waals surface area contributed by atoms with Gasteiger partial charge in [-0.15, -0.1) is 0 Å². The largest absolute Gasteiger partial charge is 0.497 e. The molecule has 0 unspecified atom stereocenters. The minimum atomic E-state index is -3.59. The fraction of sp³-hybridized carbons (Fsp3) is 0.333. The van der Waals surface area contributed by atoms with Gasteiger partial charge in [0.05, 0.1) is 38.0 Å². The molecule has 0 bridgehead atoms. The maximum atomic E-state index is 12.7. The molecule has 1 fully saturated rings. The lowest BCUT2D eigenvalue weighted by atomic mass is 10.2. The highest BCUT2D eigenvalue weighted by Crippen LogP contribution is 2.28. The number of carbonyl (C=O) groups excluding carboxylic acids is 2. The maximum absolute atomic E-state index is 12.7. The first-order valence-corrected chi connectivity index (χ1v) is 11.3. The highest BCUT2D eigenvalue weighted by Gasteiger charge is 2.26. The summed E-state index contributed by atoms with van der Waals surface area (Å²) in [4.78, 5) is 24.6. The van der Waals surface area contributed by atoms with Gasteiger partial charge in [-0.05, 0) is 29.8 Å². The lowest BCUT2D eigenvalue weighted by molar-refractivity contribution is -0.136. The molecular weight excluding hydrogens is 438 g/mol. The van der Waals surface area contributed by atoms with Crippen LogP contribution in [0, 0.1) is 0 Å². The molecule has 0 spiro atoms. The number of sulfonamides is 1. The SMILES string of the molecule is COc1ccc(OC)c(NC(=O)C(=O)NCc2ccc(S(=O)(=O)N3CCOCC3)cc2)c1. The summed E-state index contributed by atoms with van der Waals surface area (Å²) < 4.78 is 42.2. The van der Waals surface area contributed by atoms with Crippen LogP contribution in [0.4, 0.5) is 5.69 Å². The van der Waals surface area contributed by atoms with Crippen LogP contribution in [0.3, 0.4) is 0 Å². The number of hydrogen-bond acceptors (Lipinski definition) is 7. The van der Waals surface area contributed by atoms with Crippen molar-refractivity contribution in [1.29, 1.82) is 0 Å². The number of nitrogens with one attached hydrogen (secondary N) is 2. The topological polar surface area (TPSA) is 123 Å². The first-order chi connectivity index (χ1) is 15.3. The van der Waals surface area contributed by atoms with Gasteiger partial charge in [0.2, 0.25) is 10.0 Å². The van der Waals surface area contributed by atoms with Crippen molar-refractivity contribution in [3.05, 3.63) is 48.0 Å². The Labute approximate surface area is 186 Å². The van der Waals surface area contributed by atoms with Crippen LogP contribution in [0.5, 0.6) is 11.5 Å². The van der Waals surface area contributed by atoms with Crippen LogP contribution >= 0.6 is 0 Å². The molecule has 2 N–H and O–H groups in total. The number of ether oxygens (including phenoxy) is 3. The van der Waals surface area contributed by atoms with Crippen molar-refractivity contribution in [2.75, 3.05) is 45.8 Å². The highest BCUT2D eigenvalue weighted by atomic mass is 32.2. The number of morpholine rings is 1. The molecule has 2 aromatic rings. The van der Waals surface area contributed by atoms with Gasteiger partial charge < -0.3 is 24.8 Å². The molecule has 1 aliphatic rings.